The number of nitrogens with zero attached hydrogens (tertiary/aromatic N) is 2. The lowest BCUT2D eigenvalue weighted by atomic mass is 10.1. The van der Waals surface area contributed by atoms with Gasteiger partial charge in [0.05, 0.1) is 36.2 Å². The summed E-state index contributed by atoms with van der Waals surface area (Å²) in [6.07, 6.45) is 1.38. The second-order valence-corrected chi connectivity index (χ2v) is 6.38. The Balaban J connectivity index is 1.77. The van der Waals surface area contributed by atoms with E-state index in [9.17, 15) is 4.79 Å². The highest BCUT2D eigenvalue weighted by molar-refractivity contribution is 6.38. The van der Waals surface area contributed by atoms with Crippen molar-refractivity contribution >= 4 is 35.3 Å². The summed E-state index contributed by atoms with van der Waals surface area (Å²) in [5.74, 6) is 0.775. The third kappa shape index (κ3) is 4.27. The first kappa shape index (κ1) is 19.7. The van der Waals surface area contributed by atoms with Gasteiger partial charge in [0, 0.05) is 11.1 Å². The van der Waals surface area contributed by atoms with Gasteiger partial charge < -0.3 is 9.47 Å². The van der Waals surface area contributed by atoms with Crippen LogP contribution in [0.3, 0.4) is 0 Å². The van der Waals surface area contributed by atoms with Crippen molar-refractivity contribution < 1.29 is 14.3 Å². The highest BCUT2D eigenvalue weighted by Crippen LogP contribution is 2.32. The summed E-state index contributed by atoms with van der Waals surface area (Å²) < 4.78 is 10.6. The zero-order valence-electron chi connectivity index (χ0n) is 15.0. The minimum Gasteiger partial charge on any atom is -0.497 e. The number of nitrogens with one attached hydrogen (secondary N) is 2. The number of carbonyl (C=O) groups is 1. The molecular formula is C19H16Cl2N4O3. The zero-order chi connectivity index (χ0) is 20.1. The lowest BCUT2D eigenvalue weighted by Gasteiger charge is -2.08. The van der Waals surface area contributed by atoms with Crippen LogP contribution >= 0.6 is 23.2 Å². The number of carbonyl (C=O) groups excluding carboxylic acids is 1. The Morgan fingerprint density at radius 1 is 1.14 bits per heavy atom. The highest BCUT2D eigenvalue weighted by atomic mass is 35.5. The molecule has 2 N–H and O–H groups in total. The average Bonchev–Trinajstić information content (AvgIpc) is 3.19. The van der Waals surface area contributed by atoms with Crippen LogP contribution < -0.4 is 14.9 Å². The standard InChI is InChI=1S/C19H16Cl2N4O3/c1-27-11-6-7-18(28-2)12(8-11)16-9-17(24-23-16)19(26)25-22-10-13-14(20)4-3-5-15(13)21/h3-10H,1-2H3,(H,23,24)(H,25,26)/b22-10-. The Hall–Kier alpha value is -3.03. The number of hydrazone groups is 1. The molecule has 1 heterocycles. The van der Waals surface area contributed by atoms with E-state index in [1.54, 1.807) is 56.7 Å². The molecule has 1 aromatic heterocycles. The molecule has 0 saturated carbocycles. The molecule has 0 atom stereocenters. The molecule has 7 nitrogen and oxygen atoms in total. The summed E-state index contributed by atoms with van der Waals surface area (Å²) in [5, 5.41) is 11.6. The first-order valence-electron chi connectivity index (χ1n) is 8.08. The van der Waals surface area contributed by atoms with Gasteiger partial charge in [-0.3, -0.25) is 9.89 Å². The average molecular weight is 419 g/mol. The quantitative estimate of drug-likeness (QED) is 0.464. The molecule has 3 aromatic rings. The van der Waals surface area contributed by atoms with E-state index >= 15 is 0 Å². The number of ether oxygens (including phenoxy) is 2. The summed E-state index contributed by atoms with van der Waals surface area (Å²) >= 11 is 12.1. The van der Waals surface area contributed by atoms with Crippen LogP contribution in [-0.2, 0) is 0 Å². The molecule has 0 aliphatic rings. The number of halogens is 2. The molecule has 2 aromatic carbocycles. The van der Waals surface area contributed by atoms with E-state index in [1.807, 2.05) is 0 Å². The second-order valence-electron chi connectivity index (χ2n) is 5.57. The molecule has 0 bridgehead atoms. The monoisotopic (exact) mass is 418 g/mol. The first-order chi connectivity index (χ1) is 13.5. The molecule has 0 fully saturated rings. The number of rotatable bonds is 6. The molecule has 28 heavy (non-hydrogen) atoms. The molecule has 144 valence electrons. The third-order valence-corrected chi connectivity index (χ3v) is 4.52. The Kier molecular flexibility index (Phi) is 6.18. The second kappa shape index (κ2) is 8.77. The van der Waals surface area contributed by atoms with E-state index in [1.165, 1.54) is 6.21 Å². The maximum absolute atomic E-state index is 12.3. The van der Waals surface area contributed by atoms with E-state index < -0.39 is 5.91 Å². The maximum atomic E-state index is 12.3. The van der Waals surface area contributed by atoms with Crippen molar-refractivity contribution in [2.75, 3.05) is 14.2 Å². The van der Waals surface area contributed by atoms with Crippen LogP contribution in [0.1, 0.15) is 16.1 Å². The molecule has 0 unspecified atom stereocenters. The van der Waals surface area contributed by atoms with E-state index in [0.29, 0.717) is 38.4 Å². The Morgan fingerprint density at radius 3 is 2.57 bits per heavy atom. The Labute approximate surface area is 171 Å². The summed E-state index contributed by atoms with van der Waals surface area (Å²) in [5.41, 5.74) is 4.35. The molecule has 1 amide bonds. The molecule has 0 radical (unpaired) electrons. The van der Waals surface area contributed by atoms with Gasteiger partial charge in [0.15, 0.2) is 0 Å². The van der Waals surface area contributed by atoms with Gasteiger partial charge in [-0.05, 0) is 36.4 Å². The summed E-state index contributed by atoms with van der Waals surface area (Å²) in [6, 6.07) is 12.0. The fourth-order valence-corrected chi connectivity index (χ4v) is 2.94. The number of aromatic nitrogens is 2. The van der Waals surface area contributed by atoms with Crippen molar-refractivity contribution in [1.29, 1.82) is 0 Å². The zero-order valence-corrected chi connectivity index (χ0v) is 16.5. The van der Waals surface area contributed by atoms with Crippen LogP contribution in [0.4, 0.5) is 0 Å². The predicted octanol–water partition coefficient (Wildman–Crippen LogP) is 4.16. The van der Waals surface area contributed by atoms with Gasteiger partial charge in [-0.25, -0.2) is 5.43 Å². The van der Waals surface area contributed by atoms with Crippen molar-refractivity contribution in [2.24, 2.45) is 5.10 Å². The molecule has 0 saturated heterocycles. The summed E-state index contributed by atoms with van der Waals surface area (Å²) in [4.78, 5) is 12.3. The normalized spacial score (nSPS) is 10.9. The molecular weight excluding hydrogens is 403 g/mol. The number of hydrogen-bond donors (Lipinski definition) is 2. The molecule has 0 aliphatic heterocycles. The SMILES string of the molecule is COc1ccc(OC)c(-c2cc(C(=O)N/N=C\c3c(Cl)cccc3Cl)[nH]n2)c1. The Bertz CT molecular complexity index is 1010. The Morgan fingerprint density at radius 2 is 1.89 bits per heavy atom. The van der Waals surface area contributed by atoms with Crippen molar-refractivity contribution in [3.05, 3.63) is 63.8 Å². The van der Waals surface area contributed by atoms with Gasteiger partial charge in [-0.15, -0.1) is 0 Å². The minimum atomic E-state index is -0.472. The van der Waals surface area contributed by atoms with Crippen LogP contribution in [0.15, 0.2) is 47.6 Å². The number of H-pyrrole nitrogens is 1. The van der Waals surface area contributed by atoms with Gasteiger partial charge >= 0.3 is 0 Å². The van der Waals surface area contributed by atoms with E-state index in [4.69, 9.17) is 32.7 Å². The fourth-order valence-electron chi connectivity index (χ4n) is 2.44. The number of aromatic amines is 1. The number of methoxy groups -OCH3 is 2. The maximum Gasteiger partial charge on any atom is 0.289 e. The van der Waals surface area contributed by atoms with Gasteiger partial charge in [-0.1, -0.05) is 29.3 Å². The molecule has 0 spiro atoms. The number of hydrogen-bond acceptors (Lipinski definition) is 5. The van der Waals surface area contributed by atoms with Crippen LogP contribution in [0, 0.1) is 0 Å². The lowest BCUT2D eigenvalue weighted by Crippen LogP contribution is -2.18. The fraction of sp³-hybridized carbons (Fsp3) is 0.105. The lowest BCUT2D eigenvalue weighted by molar-refractivity contribution is 0.0950. The minimum absolute atomic E-state index is 0.224. The van der Waals surface area contributed by atoms with Crippen molar-refractivity contribution in [1.82, 2.24) is 15.6 Å². The van der Waals surface area contributed by atoms with Crippen LogP contribution in [0.2, 0.25) is 10.0 Å². The van der Waals surface area contributed by atoms with Gasteiger partial charge in [0.25, 0.3) is 5.91 Å². The van der Waals surface area contributed by atoms with Crippen molar-refractivity contribution in [3.8, 4) is 22.8 Å². The summed E-state index contributed by atoms with van der Waals surface area (Å²) in [6.45, 7) is 0. The van der Waals surface area contributed by atoms with Gasteiger partial charge in [-0.2, -0.15) is 10.2 Å². The first-order valence-corrected chi connectivity index (χ1v) is 8.84. The molecule has 0 aliphatic carbocycles. The van der Waals surface area contributed by atoms with Crippen molar-refractivity contribution in [3.63, 3.8) is 0 Å². The smallest absolute Gasteiger partial charge is 0.289 e. The third-order valence-electron chi connectivity index (χ3n) is 3.86. The van der Waals surface area contributed by atoms with Crippen LogP contribution in [-0.4, -0.2) is 36.5 Å². The topological polar surface area (TPSA) is 88.6 Å². The highest BCUT2D eigenvalue weighted by Gasteiger charge is 2.14. The van der Waals surface area contributed by atoms with E-state index in [0.717, 1.165) is 0 Å². The van der Waals surface area contributed by atoms with Crippen molar-refractivity contribution in [2.45, 2.75) is 0 Å². The molecule has 9 heteroatoms. The van der Waals surface area contributed by atoms with Crippen LogP contribution in [0.5, 0.6) is 11.5 Å². The number of amides is 1. The van der Waals surface area contributed by atoms with Gasteiger partial charge in [0.2, 0.25) is 0 Å². The van der Waals surface area contributed by atoms with Gasteiger partial charge in [0.1, 0.15) is 17.2 Å². The largest absolute Gasteiger partial charge is 0.497 e. The van der Waals surface area contributed by atoms with Crippen LogP contribution in [0.25, 0.3) is 11.3 Å². The van der Waals surface area contributed by atoms with E-state index in [2.05, 4.69) is 20.7 Å². The predicted molar refractivity (Wildman–Crippen MR) is 109 cm³/mol. The van der Waals surface area contributed by atoms with E-state index in [-0.39, 0.29) is 5.69 Å². The number of benzene rings is 2. The summed E-state index contributed by atoms with van der Waals surface area (Å²) in [7, 11) is 3.12. The molecule has 3 rings (SSSR count).